The Kier molecular flexibility index (Phi) is 2.27. The standard InChI is InChI=1S/C10H15N3O/c1-6-9(7(2)13-12-6)11-10(14)8-4-3-5-8/h8H,3-5H2,1-2H3,(H,11,14)(H,12,13). The van der Waals surface area contributed by atoms with E-state index in [1.54, 1.807) is 0 Å². The molecule has 0 spiro atoms. The highest BCUT2D eigenvalue weighted by Gasteiger charge is 2.26. The Hall–Kier alpha value is -1.32. The van der Waals surface area contributed by atoms with Crippen LogP contribution in [0.4, 0.5) is 5.69 Å². The van der Waals surface area contributed by atoms with Crippen LogP contribution in [0, 0.1) is 19.8 Å². The molecule has 76 valence electrons. The highest BCUT2D eigenvalue weighted by atomic mass is 16.1. The monoisotopic (exact) mass is 193 g/mol. The van der Waals surface area contributed by atoms with Gasteiger partial charge >= 0.3 is 0 Å². The molecule has 1 aromatic rings. The molecule has 1 aliphatic rings. The number of carbonyl (C=O) groups excluding carboxylic acids is 1. The minimum absolute atomic E-state index is 0.142. The summed E-state index contributed by atoms with van der Waals surface area (Å²) in [6.07, 6.45) is 3.24. The fourth-order valence-corrected chi connectivity index (χ4v) is 1.63. The van der Waals surface area contributed by atoms with E-state index < -0.39 is 0 Å². The number of hydrogen-bond donors (Lipinski definition) is 2. The first-order valence-electron chi connectivity index (χ1n) is 5.01. The molecular formula is C10H15N3O. The van der Waals surface area contributed by atoms with Crippen LogP contribution in [0.2, 0.25) is 0 Å². The summed E-state index contributed by atoms with van der Waals surface area (Å²) < 4.78 is 0. The molecule has 0 atom stereocenters. The minimum atomic E-state index is 0.142. The number of aromatic nitrogens is 2. The molecule has 1 aliphatic carbocycles. The van der Waals surface area contributed by atoms with Gasteiger partial charge in [0, 0.05) is 5.92 Å². The molecule has 1 fully saturated rings. The largest absolute Gasteiger partial charge is 0.323 e. The average Bonchev–Trinajstić information content (AvgIpc) is 2.32. The summed E-state index contributed by atoms with van der Waals surface area (Å²) in [5.41, 5.74) is 2.63. The van der Waals surface area contributed by atoms with Gasteiger partial charge in [0.05, 0.1) is 17.1 Å². The molecule has 0 saturated heterocycles. The third kappa shape index (κ3) is 1.52. The zero-order chi connectivity index (χ0) is 10.1. The van der Waals surface area contributed by atoms with Gasteiger partial charge in [0.15, 0.2) is 0 Å². The molecule has 1 heterocycles. The van der Waals surface area contributed by atoms with Crippen molar-refractivity contribution in [2.24, 2.45) is 5.92 Å². The van der Waals surface area contributed by atoms with Crippen molar-refractivity contribution in [3.05, 3.63) is 11.4 Å². The number of nitrogens with one attached hydrogen (secondary N) is 2. The summed E-state index contributed by atoms with van der Waals surface area (Å²) in [5.74, 6) is 0.368. The molecule has 0 aliphatic heterocycles. The highest BCUT2D eigenvalue weighted by Crippen LogP contribution is 2.28. The van der Waals surface area contributed by atoms with Crippen LogP contribution in [0.15, 0.2) is 0 Å². The number of nitrogens with zero attached hydrogens (tertiary/aromatic N) is 1. The van der Waals surface area contributed by atoms with Gasteiger partial charge in [-0.1, -0.05) is 6.42 Å². The van der Waals surface area contributed by atoms with E-state index in [1.165, 1.54) is 6.42 Å². The second kappa shape index (κ2) is 3.44. The zero-order valence-electron chi connectivity index (χ0n) is 8.55. The maximum absolute atomic E-state index is 11.6. The van der Waals surface area contributed by atoms with Gasteiger partial charge in [0.1, 0.15) is 0 Å². The Morgan fingerprint density at radius 1 is 1.50 bits per heavy atom. The lowest BCUT2D eigenvalue weighted by molar-refractivity contribution is -0.122. The van der Waals surface area contributed by atoms with E-state index >= 15 is 0 Å². The number of rotatable bonds is 2. The van der Waals surface area contributed by atoms with Gasteiger partial charge in [-0.05, 0) is 26.7 Å². The van der Waals surface area contributed by atoms with E-state index in [0.717, 1.165) is 29.9 Å². The van der Waals surface area contributed by atoms with E-state index in [2.05, 4.69) is 15.5 Å². The summed E-state index contributed by atoms with van der Waals surface area (Å²) in [6.45, 7) is 3.80. The molecule has 4 heteroatoms. The number of H-pyrrole nitrogens is 1. The molecule has 0 radical (unpaired) electrons. The summed E-state index contributed by atoms with van der Waals surface area (Å²) in [5, 5.41) is 9.81. The molecule has 1 saturated carbocycles. The van der Waals surface area contributed by atoms with Crippen molar-refractivity contribution in [3.8, 4) is 0 Å². The Labute approximate surface area is 83.1 Å². The normalized spacial score (nSPS) is 16.4. The second-order valence-electron chi connectivity index (χ2n) is 3.93. The van der Waals surface area contributed by atoms with Crippen molar-refractivity contribution >= 4 is 11.6 Å². The summed E-state index contributed by atoms with van der Waals surface area (Å²) in [6, 6.07) is 0. The van der Waals surface area contributed by atoms with Crippen LogP contribution in [0.3, 0.4) is 0 Å². The first-order chi connectivity index (χ1) is 6.68. The molecule has 1 aromatic heterocycles. The predicted octanol–water partition coefficient (Wildman–Crippen LogP) is 1.77. The summed E-state index contributed by atoms with van der Waals surface area (Å²) in [7, 11) is 0. The smallest absolute Gasteiger partial charge is 0.227 e. The van der Waals surface area contributed by atoms with E-state index in [9.17, 15) is 4.79 Å². The van der Waals surface area contributed by atoms with Crippen LogP contribution < -0.4 is 5.32 Å². The predicted molar refractivity (Wildman–Crippen MR) is 54.0 cm³/mol. The van der Waals surface area contributed by atoms with Crippen molar-refractivity contribution < 1.29 is 4.79 Å². The van der Waals surface area contributed by atoms with Crippen LogP contribution >= 0.6 is 0 Å². The lowest BCUT2D eigenvalue weighted by Gasteiger charge is -2.24. The van der Waals surface area contributed by atoms with Crippen molar-refractivity contribution in [1.82, 2.24) is 10.2 Å². The second-order valence-corrected chi connectivity index (χ2v) is 3.93. The van der Waals surface area contributed by atoms with Crippen molar-refractivity contribution in [1.29, 1.82) is 0 Å². The van der Waals surface area contributed by atoms with Crippen LogP contribution in [-0.4, -0.2) is 16.1 Å². The van der Waals surface area contributed by atoms with Gasteiger partial charge in [-0.25, -0.2) is 0 Å². The van der Waals surface area contributed by atoms with Crippen molar-refractivity contribution in [2.45, 2.75) is 33.1 Å². The van der Waals surface area contributed by atoms with Crippen LogP contribution in [0.25, 0.3) is 0 Å². The average molecular weight is 193 g/mol. The molecule has 2 N–H and O–H groups in total. The molecule has 0 unspecified atom stereocenters. The summed E-state index contributed by atoms with van der Waals surface area (Å²) >= 11 is 0. The third-order valence-electron chi connectivity index (χ3n) is 2.85. The van der Waals surface area contributed by atoms with E-state index in [-0.39, 0.29) is 11.8 Å². The fourth-order valence-electron chi connectivity index (χ4n) is 1.63. The SMILES string of the molecule is Cc1n[nH]c(C)c1NC(=O)C1CCC1. The number of aryl methyl sites for hydroxylation is 2. The van der Waals surface area contributed by atoms with Crippen LogP contribution in [-0.2, 0) is 4.79 Å². The van der Waals surface area contributed by atoms with Crippen LogP contribution in [0.5, 0.6) is 0 Å². The van der Waals surface area contributed by atoms with Gasteiger partial charge in [0.2, 0.25) is 5.91 Å². The Morgan fingerprint density at radius 3 is 2.64 bits per heavy atom. The van der Waals surface area contributed by atoms with Gasteiger partial charge in [-0.15, -0.1) is 0 Å². The third-order valence-corrected chi connectivity index (χ3v) is 2.85. The first-order valence-corrected chi connectivity index (χ1v) is 5.01. The molecule has 2 rings (SSSR count). The number of amides is 1. The van der Waals surface area contributed by atoms with E-state index in [4.69, 9.17) is 0 Å². The van der Waals surface area contributed by atoms with E-state index in [1.807, 2.05) is 13.8 Å². The van der Waals surface area contributed by atoms with Crippen molar-refractivity contribution in [2.75, 3.05) is 5.32 Å². The molecule has 4 nitrogen and oxygen atoms in total. The number of anilines is 1. The summed E-state index contributed by atoms with van der Waals surface area (Å²) in [4.78, 5) is 11.6. The topological polar surface area (TPSA) is 57.8 Å². The lowest BCUT2D eigenvalue weighted by Crippen LogP contribution is -2.28. The maximum Gasteiger partial charge on any atom is 0.227 e. The van der Waals surface area contributed by atoms with Crippen LogP contribution in [0.1, 0.15) is 30.7 Å². The molecule has 14 heavy (non-hydrogen) atoms. The fraction of sp³-hybridized carbons (Fsp3) is 0.600. The number of carbonyl (C=O) groups is 1. The number of aromatic amines is 1. The van der Waals surface area contributed by atoms with Crippen molar-refractivity contribution in [3.63, 3.8) is 0 Å². The minimum Gasteiger partial charge on any atom is -0.323 e. The van der Waals surface area contributed by atoms with E-state index in [0.29, 0.717) is 0 Å². The van der Waals surface area contributed by atoms with Gasteiger partial charge in [-0.2, -0.15) is 5.10 Å². The molecule has 1 amide bonds. The van der Waals surface area contributed by atoms with Gasteiger partial charge in [0.25, 0.3) is 0 Å². The zero-order valence-corrected chi connectivity index (χ0v) is 8.55. The van der Waals surface area contributed by atoms with Gasteiger partial charge in [-0.3, -0.25) is 9.89 Å². The lowest BCUT2D eigenvalue weighted by atomic mass is 9.85. The molecule has 0 bridgehead atoms. The Bertz CT molecular complexity index is 333. The maximum atomic E-state index is 11.6. The molecule has 0 aromatic carbocycles. The van der Waals surface area contributed by atoms with Gasteiger partial charge < -0.3 is 5.32 Å². The first kappa shape index (κ1) is 9.24. The number of hydrogen-bond acceptors (Lipinski definition) is 2. The Balaban J connectivity index is 2.06. The Morgan fingerprint density at radius 2 is 2.21 bits per heavy atom. The highest BCUT2D eigenvalue weighted by molar-refractivity contribution is 5.94. The quantitative estimate of drug-likeness (QED) is 0.752. The molecular weight excluding hydrogens is 178 g/mol.